The Morgan fingerprint density at radius 1 is 1.17 bits per heavy atom. The lowest BCUT2D eigenvalue weighted by Gasteiger charge is -2.04. The van der Waals surface area contributed by atoms with Crippen molar-refractivity contribution in [2.75, 3.05) is 0 Å². The van der Waals surface area contributed by atoms with E-state index < -0.39 is 0 Å². The van der Waals surface area contributed by atoms with E-state index in [1.54, 1.807) is 0 Å². The summed E-state index contributed by atoms with van der Waals surface area (Å²) in [5.74, 6) is 0. The van der Waals surface area contributed by atoms with E-state index in [0.717, 1.165) is 24.2 Å². The van der Waals surface area contributed by atoms with Gasteiger partial charge in [-0.3, -0.25) is 4.98 Å². The number of hydrogen-bond donors (Lipinski definition) is 1. The molecule has 0 atom stereocenters. The molecule has 0 radical (unpaired) electrons. The van der Waals surface area contributed by atoms with Crippen molar-refractivity contribution >= 4 is 0 Å². The van der Waals surface area contributed by atoms with Crippen molar-refractivity contribution in [3.05, 3.63) is 29.1 Å². The molecule has 1 aromatic rings. The summed E-state index contributed by atoms with van der Waals surface area (Å²) in [6.45, 7) is 4.80. The van der Waals surface area contributed by atoms with Crippen molar-refractivity contribution in [3.8, 4) is 0 Å². The summed E-state index contributed by atoms with van der Waals surface area (Å²) < 4.78 is 0. The normalized spacial score (nSPS) is 10.2. The summed E-state index contributed by atoms with van der Waals surface area (Å²) in [6.07, 6.45) is 2.04. The van der Waals surface area contributed by atoms with Gasteiger partial charge in [0.25, 0.3) is 0 Å². The average molecular weight is 164 g/mol. The molecule has 0 aliphatic heterocycles. The molecule has 2 nitrogen and oxygen atoms in total. The number of nitrogens with two attached hydrogens (primary N) is 1. The summed E-state index contributed by atoms with van der Waals surface area (Å²) in [5, 5.41) is 0. The van der Waals surface area contributed by atoms with E-state index in [-0.39, 0.29) is 0 Å². The summed E-state index contributed by atoms with van der Waals surface area (Å²) in [4.78, 5) is 4.39. The largest absolute Gasteiger partial charge is 0.325 e. The molecule has 0 bridgehead atoms. The van der Waals surface area contributed by atoms with Gasteiger partial charge in [-0.05, 0) is 30.5 Å². The fourth-order valence-corrected chi connectivity index (χ4v) is 1.21. The first-order valence-corrected chi connectivity index (χ1v) is 4.49. The summed E-state index contributed by atoms with van der Waals surface area (Å²) in [5.41, 5.74) is 9.02. The van der Waals surface area contributed by atoms with Gasteiger partial charge in [0.1, 0.15) is 0 Å². The fraction of sp³-hybridized carbons (Fsp3) is 0.500. The van der Waals surface area contributed by atoms with E-state index in [1.807, 2.05) is 0 Å². The highest BCUT2D eigenvalue weighted by atomic mass is 14.7. The summed E-state index contributed by atoms with van der Waals surface area (Å²) in [6, 6.07) is 4.23. The number of aryl methyl sites for hydroxylation is 2. The average Bonchev–Trinajstić information content (AvgIpc) is 2.16. The maximum atomic E-state index is 5.53. The highest BCUT2D eigenvalue weighted by Crippen LogP contribution is 2.07. The zero-order valence-electron chi connectivity index (χ0n) is 7.80. The standard InChI is InChI=1S/C10H16N2/c1-3-8-5-9(4-2)12-10(6-8)7-11/h5-6H,3-4,7,11H2,1-2H3. The van der Waals surface area contributed by atoms with E-state index in [2.05, 4.69) is 31.0 Å². The van der Waals surface area contributed by atoms with Crippen LogP contribution in [0.25, 0.3) is 0 Å². The van der Waals surface area contributed by atoms with E-state index >= 15 is 0 Å². The van der Waals surface area contributed by atoms with Crippen molar-refractivity contribution in [1.29, 1.82) is 0 Å². The number of hydrogen-bond acceptors (Lipinski definition) is 2. The van der Waals surface area contributed by atoms with Gasteiger partial charge >= 0.3 is 0 Å². The molecule has 0 aliphatic rings. The number of aromatic nitrogens is 1. The van der Waals surface area contributed by atoms with Gasteiger partial charge in [0.05, 0.1) is 5.69 Å². The van der Waals surface area contributed by atoms with E-state index in [0.29, 0.717) is 6.54 Å². The van der Waals surface area contributed by atoms with Crippen LogP contribution < -0.4 is 5.73 Å². The van der Waals surface area contributed by atoms with Crippen LogP contribution in [0.15, 0.2) is 12.1 Å². The highest BCUT2D eigenvalue weighted by Gasteiger charge is 1.98. The molecule has 0 amide bonds. The first-order valence-electron chi connectivity index (χ1n) is 4.49. The molecule has 0 aromatic carbocycles. The lowest BCUT2D eigenvalue weighted by molar-refractivity contribution is 0.915. The summed E-state index contributed by atoms with van der Waals surface area (Å²) >= 11 is 0. The Morgan fingerprint density at radius 3 is 2.33 bits per heavy atom. The minimum absolute atomic E-state index is 0.542. The summed E-state index contributed by atoms with van der Waals surface area (Å²) in [7, 11) is 0. The van der Waals surface area contributed by atoms with Gasteiger partial charge in [-0.15, -0.1) is 0 Å². The van der Waals surface area contributed by atoms with Crippen LogP contribution >= 0.6 is 0 Å². The predicted molar refractivity (Wildman–Crippen MR) is 50.9 cm³/mol. The Balaban J connectivity index is 3.01. The minimum atomic E-state index is 0.542. The lowest BCUT2D eigenvalue weighted by Crippen LogP contribution is -2.03. The molecule has 1 rings (SSSR count). The van der Waals surface area contributed by atoms with Crippen molar-refractivity contribution in [1.82, 2.24) is 4.98 Å². The third-order valence-corrected chi connectivity index (χ3v) is 1.97. The molecular formula is C10H16N2. The van der Waals surface area contributed by atoms with Crippen LogP contribution in [0.1, 0.15) is 30.8 Å². The van der Waals surface area contributed by atoms with Crippen LogP contribution in [0.2, 0.25) is 0 Å². The number of nitrogens with zero attached hydrogens (tertiary/aromatic N) is 1. The van der Waals surface area contributed by atoms with E-state index in [4.69, 9.17) is 5.73 Å². The van der Waals surface area contributed by atoms with Gasteiger partial charge in [0.15, 0.2) is 0 Å². The smallest absolute Gasteiger partial charge is 0.0545 e. The van der Waals surface area contributed by atoms with Gasteiger partial charge in [-0.1, -0.05) is 13.8 Å². The van der Waals surface area contributed by atoms with Gasteiger partial charge in [0, 0.05) is 12.2 Å². The van der Waals surface area contributed by atoms with Gasteiger partial charge in [-0.25, -0.2) is 0 Å². The third-order valence-electron chi connectivity index (χ3n) is 1.97. The van der Waals surface area contributed by atoms with Crippen LogP contribution in [0.3, 0.4) is 0 Å². The fourth-order valence-electron chi connectivity index (χ4n) is 1.21. The SMILES string of the molecule is CCc1cc(CC)nc(CN)c1. The van der Waals surface area contributed by atoms with Crippen molar-refractivity contribution < 1.29 is 0 Å². The lowest BCUT2D eigenvalue weighted by atomic mass is 10.1. The zero-order chi connectivity index (χ0) is 8.97. The van der Waals surface area contributed by atoms with Gasteiger partial charge < -0.3 is 5.73 Å². The Bertz CT molecular complexity index is 201. The van der Waals surface area contributed by atoms with Crippen LogP contribution in [-0.4, -0.2) is 4.98 Å². The maximum Gasteiger partial charge on any atom is 0.0545 e. The second-order valence-corrected chi connectivity index (χ2v) is 2.87. The van der Waals surface area contributed by atoms with Crippen LogP contribution in [0, 0.1) is 0 Å². The molecule has 0 saturated heterocycles. The molecular weight excluding hydrogens is 148 g/mol. The Kier molecular flexibility index (Phi) is 3.23. The molecule has 1 heterocycles. The third kappa shape index (κ3) is 2.05. The number of rotatable bonds is 3. The molecule has 2 heteroatoms. The molecule has 0 aliphatic carbocycles. The van der Waals surface area contributed by atoms with Crippen LogP contribution in [-0.2, 0) is 19.4 Å². The van der Waals surface area contributed by atoms with Crippen molar-refractivity contribution in [3.63, 3.8) is 0 Å². The molecule has 2 N–H and O–H groups in total. The topological polar surface area (TPSA) is 38.9 Å². The molecule has 0 unspecified atom stereocenters. The zero-order valence-corrected chi connectivity index (χ0v) is 7.80. The van der Waals surface area contributed by atoms with Crippen molar-refractivity contribution in [2.24, 2.45) is 5.73 Å². The maximum absolute atomic E-state index is 5.53. The molecule has 12 heavy (non-hydrogen) atoms. The molecule has 66 valence electrons. The van der Waals surface area contributed by atoms with Crippen molar-refractivity contribution in [2.45, 2.75) is 33.2 Å². The molecule has 1 aromatic heterocycles. The Hall–Kier alpha value is -0.890. The molecule has 0 fully saturated rings. The Morgan fingerprint density at radius 2 is 1.83 bits per heavy atom. The van der Waals surface area contributed by atoms with E-state index in [9.17, 15) is 0 Å². The predicted octanol–water partition coefficient (Wildman–Crippen LogP) is 1.67. The van der Waals surface area contributed by atoms with Crippen LogP contribution in [0.5, 0.6) is 0 Å². The number of pyridine rings is 1. The quantitative estimate of drug-likeness (QED) is 0.738. The second-order valence-electron chi connectivity index (χ2n) is 2.87. The molecule has 0 spiro atoms. The minimum Gasteiger partial charge on any atom is -0.325 e. The highest BCUT2D eigenvalue weighted by molar-refractivity contribution is 5.21. The first kappa shape index (κ1) is 9.20. The van der Waals surface area contributed by atoms with Gasteiger partial charge in [-0.2, -0.15) is 0 Å². The van der Waals surface area contributed by atoms with E-state index in [1.165, 1.54) is 5.56 Å². The Labute approximate surface area is 73.8 Å². The van der Waals surface area contributed by atoms with Gasteiger partial charge in [0.2, 0.25) is 0 Å². The second kappa shape index (κ2) is 4.21. The van der Waals surface area contributed by atoms with Crippen LogP contribution in [0.4, 0.5) is 0 Å². The monoisotopic (exact) mass is 164 g/mol. The molecule has 0 saturated carbocycles. The first-order chi connectivity index (χ1) is 5.80.